The second kappa shape index (κ2) is 17.4. The first kappa shape index (κ1) is 32.9. The normalized spacial score (nSPS) is 14.1. The van der Waals surface area contributed by atoms with Crippen LogP contribution < -0.4 is 33.2 Å². The van der Waals surface area contributed by atoms with Gasteiger partial charge in [0.2, 0.25) is 17.7 Å². The Hall–Kier alpha value is -3.07. The van der Waals surface area contributed by atoms with Crippen LogP contribution in [0.5, 0.6) is 0 Å². The molecule has 0 fully saturated rings. The Morgan fingerprint density at radius 3 is 2.00 bits per heavy atom. The molecule has 0 aromatic heterocycles. The number of amides is 3. The standard InChI is InChI=1S/C21H39N7O7S/c1-11(2)16(19(33)27-14(20(34)35)8-10-36-3)28-18(32)13(5-4-9-25-21(23)24)26-17(31)12(22)6-7-15(29)30/h11-14,16H,4-10,22H2,1-3H3,(H,26,31)(H,27,33)(H,28,32)(H,29,30)(H,34,35)(H4,23,24,25). The predicted octanol–water partition coefficient (Wildman–Crippen LogP) is -1.82. The number of nitrogens with one attached hydrogen (secondary N) is 3. The van der Waals surface area contributed by atoms with Gasteiger partial charge in [0.15, 0.2) is 5.96 Å². The van der Waals surface area contributed by atoms with E-state index in [-0.39, 0.29) is 38.2 Å². The van der Waals surface area contributed by atoms with E-state index in [0.717, 1.165) is 0 Å². The minimum absolute atomic E-state index is 0.0952. The average Bonchev–Trinajstić information content (AvgIpc) is 2.79. The molecule has 4 atom stereocenters. The summed E-state index contributed by atoms with van der Waals surface area (Å²) in [4.78, 5) is 64.4. The number of aliphatic carboxylic acids is 2. The fourth-order valence-electron chi connectivity index (χ4n) is 3.00. The zero-order chi connectivity index (χ0) is 27.8. The Morgan fingerprint density at radius 1 is 0.889 bits per heavy atom. The summed E-state index contributed by atoms with van der Waals surface area (Å²) in [5, 5.41) is 25.7. The van der Waals surface area contributed by atoms with E-state index in [1.54, 1.807) is 13.8 Å². The van der Waals surface area contributed by atoms with Gasteiger partial charge in [-0.1, -0.05) is 13.8 Å². The lowest BCUT2D eigenvalue weighted by atomic mass is 10.0. The summed E-state index contributed by atoms with van der Waals surface area (Å²) in [5.41, 5.74) is 16.3. The molecule has 0 aliphatic rings. The number of nitrogens with two attached hydrogens (primary N) is 3. The lowest BCUT2D eigenvalue weighted by Gasteiger charge is -2.27. The van der Waals surface area contributed by atoms with Gasteiger partial charge in [0, 0.05) is 13.0 Å². The molecule has 3 amide bonds. The molecule has 0 spiro atoms. The maximum absolute atomic E-state index is 13.1. The summed E-state index contributed by atoms with van der Waals surface area (Å²) in [6.45, 7) is 3.53. The number of hydrogen-bond donors (Lipinski definition) is 8. The fourth-order valence-corrected chi connectivity index (χ4v) is 3.48. The molecule has 0 aliphatic heterocycles. The van der Waals surface area contributed by atoms with Crippen molar-refractivity contribution in [2.45, 2.75) is 70.1 Å². The molecule has 206 valence electrons. The molecule has 0 aromatic rings. The van der Waals surface area contributed by atoms with Crippen molar-refractivity contribution in [3.8, 4) is 0 Å². The number of guanidine groups is 1. The second-order valence-electron chi connectivity index (χ2n) is 8.46. The van der Waals surface area contributed by atoms with Gasteiger partial charge in [0.05, 0.1) is 6.04 Å². The van der Waals surface area contributed by atoms with E-state index >= 15 is 0 Å². The molecular weight excluding hydrogens is 494 g/mol. The van der Waals surface area contributed by atoms with E-state index in [1.165, 1.54) is 11.8 Å². The molecule has 0 bridgehead atoms. The third-order valence-electron chi connectivity index (χ3n) is 5.06. The van der Waals surface area contributed by atoms with Gasteiger partial charge in [0.1, 0.15) is 18.1 Å². The number of hydrogen-bond acceptors (Lipinski definition) is 8. The van der Waals surface area contributed by atoms with Crippen LogP contribution in [0.2, 0.25) is 0 Å². The van der Waals surface area contributed by atoms with Crippen LogP contribution in [-0.2, 0) is 24.0 Å². The van der Waals surface area contributed by atoms with Gasteiger partial charge in [-0.2, -0.15) is 11.8 Å². The van der Waals surface area contributed by atoms with Crippen LogP contribution in [0, 0.1) is 5.92 Å². The summed E-state index contributed by atoms with van der Waals surface area (Å²) >= 11 is 1.44. The Labute approximate surface area is 214 Å². The van der Waals surface area contributed by atoms with Gasteiger partial charge in [-0.25, -0.2) is 4.79 Å². The molecule has 0 aliphatic carbocycles. The van der Waals surface area contributed by atoms with Crippen molar-refractivity contribution in [2.24, 2.45) is 28.1 Å². The minimum Gasteiger partial charge on any atom is -0.481 e. The number of carbonyl (C=O) groups excluding carboxylic acids is 3. The zero-order valence-corrected chi connectivity index (χ0v) is 21.7. The highest BCUT2D eigenvalue weighted by Crippen LogP contribution is 2.08. The van der Waals surface area contributed by atoms with Crippen LogP contribution in [0.25, 0.3) is 0 Å². The topological polar surface area (TPSA) is 252 Å². The number of carboxylic acids is 2. The molecule has 0 aromatic carbocycles. The quantitative estimate of drug-likeness (QED) is 0.0553. The van der Waals surface area contributed by atoms with Crippen molar-refractivity contribution in [2.75, 3.05) is 18.6 Å². The molecule has 0 saturated heterocycles. The Morgan fingerprint density at radius 2 is 1.50 bits per heavy atom. The van der Waals surface area contributed by atoms with Crippen LogP contribution in [0.15, 0.2) is 4.99 Å². The van der Waals surface area contributed by atoms with Gasteiger partial charge in [-0.05, 0) is 43.6 Å². The first-order chi connectivity index (χ1) is 16.8. The highest BCUT2D eigenvalue weighted by Gasteiger charge is 2.31. The predicted molar refractivity (Wildman–Crippen MR) is 136 cm³/mol. The lowest BCUT2D eigenvalue weighted by molar-refractivity contribution is -0.142. The van der Waals surface area contributed by atoms with Gasteiger partial charge in [-0.3, -0.25) is 24.2 Å². The van der Waals surface area contributed by atoms with Gasteiger partial charge in [-0.15, -0.1) is 0 Å². The molecule has 14 nitrogen and oxygen atoms in total. The first-order valence-electron chi connectivity index (χ1n) is 11.5. The van der Waals surface area contributed by atoms with Crippen LogP contribution in [0.3, 0.4) is 0 Å². The lowest BCUT2D eigenvalue weighted by Crippen LogP contribution is -2.58. The Kier molecular flexibility index (Phi) is 15.9. The zero-order valence-electron chi connectivity index (χ0n) is 20.9. The fraction of sp³-hybridized carbons (Fsp3) is 0.714. The second-order valence-corrected chi connectivity index (χ2v) is 9.45. The van der Waals surface area contributed by atoms with Gasteiger partial charge >= 0.3 is 11.9 Å². The van der Waals surface area contributed by atoms with Crippen LogP contribution in [0.1, 0.15) is 46.0 Å². The van der Waals surface area contributed by atoms with E-state index < -0.39 is 59.7 Å². The van der Waals surface area contributed by atoms with Crippen molar-refractivity contribution >= 4 is 47.4 Å². The molecule has 36 heavy (non-hydrogen) atoms. The molecular formula is C21H39N7O7S. The van der Waals surface area contributed by atoms with Crippen molar-refractivity contribution in [1.29, 1.82) is 0 Å². The number of nitrogens with zero attached hydrogens (tertiary/aromatic N) is 1. The molecule has 4 unspecified atom stereocenters. The summed E-state index contributed by atoms with van der Waals surface area (Å²) in [7, 11) is 0. The van der Waals surface area contributed by atoms with E-state index in [1.807, 2.05) is 6.26 Å². The first-order valence-corrected chi connectivity index (χ1v) is 12.8. The number of carboxylic acid groups (broad SMARTS) is 2. The van der Waals surface area contributed by atoms with Crippen molar-refractivity contribution in [3.05, 3.63) is 0 Å². The maximum atomic E-state index is 13.1. The van der Waals surface area contributed by atoms with Gasteiger partial charge < -0.3 is 43.4 Å². The van der Waals surface area contributed by atoms with Crippen LogP contribution >= 0.6 is 11.8 Å². The van der Waals surface area contributed by atoms with Gasteiger partial charge in [0.25, 0.3) is 0 Å². The third-order valence-corrected chi connectivity index (χ3v) is 5.70. The average molecular weight is 534 g/mol. The largest absolute Gasteiger partial charge is 0.481 e. The minimum atomic E-state index is -1.19. The molecule has 0 rings (SSSR count). The maximum Gasteiger partial charge on any atom is 0.326 e. The molecule has 0 radical (unpaired) electrons. The molecule has 0 heterocycles. The summed E-state index contributed by atoms with van der Waals surface area (Å²) in [6.07, 6.45) is 1.96. The number of carbonyl (C=O) groups is 5. The SMILES string of the molecule is CSCCC(NC(=O)C(NC(=O)C(CCCN=C(N)N)NC(=O)C(N)CCC(=O)O)C(C)C)C(=O)O. The Bertz CT molecular complexity index is 791. The van der Waals surface area contributed by atoms with Crippen molar-refractivity contribution in [1.82, 2.24) is 16.0 Å². The van der Waals surface area contributed by atoms with Crippen LogP contribution in [-0.4, -0.2) is 88.6 Å². The van der Waals surface area contributed by atoms with Crippen molar-refractivity contribution < 1.29 is 34.2 Å². The number of thioether (sulfide) groups is 1. The summed E-state index contributed by atoms with van der Waals surface area (Å²) < 4.78 is 0. The van der Waals surface area contributed by atoms with Crippen LogP contribution in [0.4, 0.5) is 0 Å². The monoisotopic (exact) mass is 533 g/mol. The molecule has 11 N–H and O–H groups in total. The van der Waals surface area contributed by atoms with Crippen molar-refractivity contribution in [3.63, 3.8) is 0 Å². The summed E-state index contributed by atoms with van der Waals surface area (Å²) in [6, 6.07) is -4.48. The number of aliphatic imine (C=N–C) groups is 1. The van der Waals surface area contributed by atoms with E-state index in [9.17, 15) is 29.1 Å². The highest BCUT2D eigenvalue weighted by atomic mass is 32.2. The van der Waals surface area contributed by atoms with E-state index in [0.29, 0.717) is 12.2 Å². The van der Waals surface area contributed by atoms with E-state index in [2.05, 4.69) is 20.9 Å². The molecule has 0 saturated carbocycles. The smallest absolute Gasteiger partial charge is 0.326 e. The van der Waals surface area contributed by atoms with E-state index in [4.69, 9.17) is 22.3 Å². The highest BCUT2D eigenvalue weighted by molar-refractivity contribution is 7.98. The third kappa shape index (κ3) is 13.7. The summed E-state index contributed by atoms with van der Waals surface area (Å²) in [5.74, 6) is -4.42. The Balaban J connectivity index is 5.50. The number of rotatable bonds is 18. The molecule has 15 heteroatoms.